The van der Waals surface area contributed by atoms with Gasteiger partial charge < -0.3 is 9.64 Å². The zero-order valence-electron chi connectivity index (χ0n) is 13.9. The largest absolute Gasteiger partial charge is 0.432 e. The summed E-state index contributed by atoms with van der Waals surface area (Å²) in [7, 11) is 0. The molecule has 5 nitrogen and oxygen atoms in total. The van der Waals surface area contributed by atoms with Gasteiger partial charge in [-0.2, -0.15) is 13.2 Å². The Morgan fingerprint density at radius 2 is 1.76 bits per heavy atom. The fraction of sp³-hybridized carbons (Fsp3) is 0.500. The van der Waals surface area contributed by atoms with Crippen LogP contribution in [0.2, 0.25) is 0 Å². The summed E-state index contributed by atoms with van der Waals surface area (Å²) in [6.07, 6.45) is -8.72. The molecule has 0 N–H and O–H groups in total. The predicted octanol–water partition coefficient (Wildman–Crippen LogP) is 3.28. The lowest BCUT2D eigenvalue weighted by atomic mass is 10.2. The van der Waals surface area contributed by atoms with Gasteiger partial charge in [-0.15, -0.1) is 0 Å². The van der Waals surface area contributed by atoms with E-state index < -0.39 is 24.2 Å². The van der Waals surface area contributed by atoms with Crippen molar-refractivity contribution in [2.45, 2.75) is 31.0 Å². The number of hydrogen-bond acceptors (Lipinski definition) is 5. The Morgan fingerprint density at radius 1 is 1.16 bits per heavy atom. The van der Waals surface area contributed by atoms with E-state index in [0.717, 1.165) is 17.4 Å². The number of carbonyl (C=O) groups excluding carboxylic acids is 2. The molecule has 2 rings (SSSR count). The van der Waals surface area contributed by atoms with Crippen molar-refractivity contribution in [3.63, 3.8) is 0 Å². The van der Waals surface area contributed by atoms with Gasteiger partial charge in [0.05, 0.1) is 0 Å². The second-order valence-corrected chi connectivity index (χ2v) is 6.83. The normalized spacial score (nSPS) is 17.2. The highest BCUT2D eigenvalue weighted by Crippen LogP contribution is 2.27. The molecular formula is C16H19F3N2O3S. The van der Waals surface area contributed by atoms with Gasteiger partial charge in [0.25, 0.3) is 6.10 Å². The van der Waals surface area contributed by atoms with E-state index in [1.54, 1.807) is 11.9 Å². The number of amides is 1. The molecule has 9 heteroatoms. The van der Waals surface area contributed by atoms with E-state index in [1.165, 1.54) is 4.90 Å². The summed E-state index contributed by atoms with van der Waals surface area (Å²) in [5.74, 6) is -1.24. The molecule has 0 saturated carbocycles. The maximum Gasteiger partial charge on any atom is 0.432 e. The zero-order valence-corrected chi connectivity index (χ0v) is 14.7. The van der Waals surface area contributed by atoms with Crippen LogP contribution in [0.5, 0.6) is 0 Å². The van der Waals surface area contributed by atoms with Crippen LogP contribution in [0.15, 0.2) is 29.2 Å². The SMILES string of the molecule is CC(=O)C(OC(=O)N1CCN(Sc2ccccc2C)CC1)C(F)(F)F. The highest BCUT2D eigenvalue weighted by atomic mass is 32.2. The van der Waals surface area contributed by atoms with Gasteiger partial charge in [0.15, 0.2) is 5.78 Å². The number of hydrogen-bond donors (Lipinski definition) is 0. The van der Waals surface area contributed by atoms with E-state index in [9.17, 15) is 22.8 Å². The molecule has 138 valence electrons. The number of ketones is 1. The Hall–Kier alpha value is -1.74. The standard InChI is InChI=1S/C16H19F3N2O3S/c1-11-5-3-4-6-13(11)25-21-9-7-20(8-10-21)15(23)24-14(12(2)22)16(17,18)19/h3-6,14H,7-10H2,1-2H3. The smallest absolute Gasteiger partial charge is 0.428 e. The molecule has 1 unspecified atom stereocenters. The second kappa shape index (κ2) is 8.09. The Balaban J connectivity index is 1.88. The summed E-state index contributed by atoms with van der Waals surface area (Å²) in [6.45, 7) is 4.20. The lowest BCUT2D eigenvalue weighted by Gasteiger charge is -2.34. The first-order valence-corrected chi connectivity index (χ1v) is 8.47. The molecule has 1 amide bonds. The monoisotopic (exact) mass is 376 g/mol. The number of Topliss-reactive ketones (excluding diaryl/α,β-unsaturated/α-hetero) is 1. The first-order chi connectivity index (χ1) is 11.7. The second-order valence-electron chi connectivity index (χ2n) is 5.69. The third-order valence-corrected chi connectivity index (χ3v) is 4.98. The van der Waals surface area contributed by atoms with Crippen molar-refractivity contribution in [3.8, 4) is 0 Å². The summed E-state index contributed by atoms with van der Waals surface area (Å²) in [5.41, 5.74) is 1.13. The molecule has 1 aliphatic heterocycles. The van der Waals surface area contributed by atoms with Gasteiger partial charge in [-0.3, -0.25) is 4.79 Å². The number of nitrogens with zero attached hydrogens (tertiary/aromatic N) is 2. The number of rotatable bonds is 4. The van der Waals surface area contributed by atoms with Crippen molar-refractivity contribution in [2.75, 3.05) is 26.2 Å². The van der Waals surface area contributed by atoms with Crippen molar-refractivity contribution in [2.24, 2.45) is 0 Å². The summed E-state index contributed by atoms with van der Waals surface area (Å²) in [6, 6.07) is 7.86. The van der Waals surface area contributed by atoms with Gasteiger partial charge in [-0.1, -0.05) is 18.2 Å². The minimum absolute atomic E-state index is 0.236. The fourth-order valence-electron chi connectivity index (χ4n) is 2.32. The van der Waals surface area contributed by atoms with Crippen LogP contribution in [0, 0.1) is 6.92 Å². The Morgan fingerprint density at radius 3 is 2.28 bits per heavy atom. The maximum atomic E-state index is 12.7. The van der Waals surface area contributed by atoms with Gasteiger partial charge in [-0.05, 0) is 37.4 Å². The molecule has 1 aliphatic rings. The van der Waals surface area contributed by atoms with E-state index in [4.69, 9.17) is 0 Å². The average molecular weight is 376 g/mol. The molecule has 0 aliphatic carbocycles. The van der Waals surface area contributed by atoms with Crippen LogP contribution in [0.3, 0.4) is 0 Å². The third kappa shape index (κ3) is 5.37. The van der Waals surface area contributed by atoms with Crippen molar-refractivity contribution < 1.29 is 27.5 Å². The van der Waals surface area contributed by atoms with Crippen molar-refractivity contribution in [1.82, 2.24) is 9.21 Å². The van der Waals surface area contributed by atoms with Gasteiger partial charge in [0, 0.05) is 31.1 Å². The summed E-state index contributed by atoms with van der Waals surface area (Å²) in [5, 5.41) is 0. The molecule has 0 aromatic heterocycles. The van der Waals surface area contributed by atoms with Gasteiger partial charge in [0.2, 0.25) is 0 Å². The lowest BCUT2D eigenvalue weighted by Crippen LogP contribution is -2.49. The lowest BCUT2D eigenvalue weighted by molar-refractivity contribution is -0.204. The van der Waals surface area contributed by atoms with Crippen LogP contribution < -0.4 is 0 Å². The fourth-order valence-corrected chi connectivity index (χ4v) is 3.29. The molecule has 0 bridgehead atoms. The van der Waals surface area contributed by atoms with E-state index in [0.29, 0.717) is 13.1 Å². The number of piperazine rings is 1. The molecular weight excluding hydrogens is 357 g/mol. The predicted molar refractivity (Wildman–Crippen MR) is 87.2 cm³/mol. The number of benzene rings is 1. The van der Waals surface area contributed by atoms with E-state index in [1.807, 2.05) is 35.5 Å². The highest BCUT2D eigenvalue weighted by Gasteiger charge is 2.47. The Bertz CT molecular complexity index is 631. The maximum absolute atomic E-state index is 12.7. The summed E-state index contributed by atoms with van der Waals surface area (Å²) < 4.78 is 44.6. The topological polar surface area (TPSA) is 49.9 Å². The van der Waals surface area contributed by atoms with Crippen LogP contribution in [-0.4, -0.2) is 59.5 Å². The summed E-state index contributed by atoms with van der Waals surface area (Å²) in [4.78, 5) is 25.3. The van der Waals surface area contributed by atoms with Crippen LogP contribution in [0.4, 0.5) is 18.0 Å². The van der Waals surface area contributed by atoms with Gasteiger partial charge in [0.1, 0.15) is 0 Å². The molecule has 0 radical (unpaired) electrons. The molecule has 1 heterocycles. The quantitative estimate of drug-likeness (QED) is 0.755. The molecule has 25 heavy (non-hydrogen) atoms. The molecule has 1 aromatic rings. The van der Waals surface area contributed by atoms with E-state index >= 15 is 0 Å². The molecule has 1 atom stereocenters. The number of halogens is 3. The Kier molecular flexibility index (Phi) is 6.34. The molecule has 1 aromatic carbocycles. The molecule has 0 spiro atoms. The minimum Gasteiger partial charge on any atom is -0.428 e. The number of ether oxygens (including phenoxy) is 1. The van der Waals surface area contributed by atoms with Crippen LogP contribution in [0.25, 0.3) is 0 Å². The van der Waals surface area contributed by atoms with Crippen LogP contribution in [0.1, 0.15) is 12.5 Å². The van der Waals surface area contributed by atoms with Crippen molar-refractivity contribution in [3.05, 3.63) is 29.8 Å². The average Bonchev–Trinajstić information content (AvgIpc) is 2.54. The van der Waals surface area contributed by atoms with E-state index in [2.05, 4.69) is 4.74 Å². The number of alkyl halides is 3. The van der Waals surface area contributed by atoms with Crippen molar-refractivity contribution >= 4 is 23.8 Å². The van der Waals surface area contributed by atoms with Crippen molar-refractivity contribution in [1.29, 1.82) is 0 Å². The Labute approximate surface area is 148 Å². The molecule has 1 fully saturated rings. The minimum atomic E-state index is -4.90. The molecule has 1 saturated heterocycles. The number of aryl methyl sites for hydroxylation is 1. The highest BCUT2D eigenvalue weighted by molar-refractivity contribution is 7.97. The van der Waals surface area contributed by atoms with Crippen LogP contribution >= 0.6 is 11.9 Å². The zero-order chi connectivity index (χ0) is 18.6. The summed E-state index contributed by atoms with van der Waals surface area (Å²) >= 11 is 1.55. The number of carbonyl (C=O) groups is 2. The van der Waals surface area contributed by atoms with Gasteiger partial charge >= 0.3 is 12.3 Å². The third-order valence-electron chi connectivity index (χ3n) is 3.70. The van der Waals surface area contributed by atoms with E-state index in [-0.39, 0.29) is 13.1 Å². The van der Waals surface area contributed by atoms with Crippen LogP contribution in [-0.2, 0) is 9.53 Å². The first-order valence-electron chi connectivity index (χ1n) is 7.69. The first kappa shape index (κ1) is 19.6. The van der Waals surface area contributed by atoms with Gasteiger partial charge in [-0.25, -0.2) is 9.10 Å².